The number of rotatable bonds is 4. The normalized spacial score (nSPS) is 14.0. The predicted molar refractivity (Wildman–Crippen MR) is 101 cm³/mol. The van der Waals surface area contributed by atoms with Crippen LogP contribution < -0.4 is 13.8 Å². The van der Waals surface area contributed by atoms with Crippen molar-refractivity contribution in [2.24, 2.45) is 0 Å². The van der Waals surface area contributed by atoms with Gasteiger partial charge in [0, 0.05) is 5.02 Å². The van der Waals surface area contributed by atoms with Crippen LogP contribution in [-0.2, 0) is 20.9 Å². The molecule has 12 heteroatoms. The molecule has 7 nitrogen and oxygen atoms in total. The number of methoxy groups -OCH3 is 2. The molecule has 1 aliphatic rings. The molecule has 0 N–H and O–H groups in total. The van der Waals surface area contributed by atoms with Gasteiger partial charge in [0.2, 0.25) is 0 Å². The monoisotopic (exact) mass is 465 g/mol. The molecule has 0 unspecified atom stereocenters. The van der Waals surface area contributed by atoms with E-state index in [1.807, 2.05) is 0 Å². The molecular weight excluding hydrogens is 451 g/mol. The molecule has 30 heavy (non-hydrogen) atoms. The lowest BCUT2D eigenvalue weighted by atomic mass is 10.1. The van der Waals surface area contributed by atoms with Gasteiger partial charge in [0.05, 0.1) is 32.0 Å². The standard InChI is InChI=1S/C18H15ClF3NO6S/c1-27-14-4-3-11(19)9-15(14)30(25,26)23-5-6-29-16-12(18(20,21)22)7-10(8-13(16)23)17(24)28-2/h3-4,7-9H,5-6H2,1-2H3. The molecule has 0 saturated heterocycles. The molecule has 0 radical (unpaired) electrons. The van der Waals surface area contributed by atoms with Gasteiger partial charge in [-0.05, 0) is 30.3 Å². The number of halogens is 4. The summed E-state index contributed by atoms with van der Waals surface area (Å²) in [6.45, 7) is -0.636. The van der Waals surface area contributed by atoms with Crippen molar-refractivity contribution in [3.63, 3.8) is 0 Å². The number of carbonyl (C=O) groups excluding carboxylic acids is 1. The SMILES string of the molecule is COC(=O)c1cc2c(c(C(F)(F)F)c1)OCCN2S(=O)(=O)c1cc(Cl)ccc1OC. The van der Waals surface area contributed by atoms with Crippen LogP contribution in [0.1, 0.15) is 15.9 Å². The van der Waals surface area contributed by atoms with E-state index >= 15 is 0 Å². The average molecular weight is 466 g/mol. The van der Waals surface area contributed by atoms with Crippen molar-refractivity contribution in [2.75, 3.05) is 31.7 Å². The highest BCUT2D eigenvalue weighted by atomic mass is 35.5. The van der Waals surface area contributed by atoms with E-state index in [0.717, 1.165) is 23.5 Å². The third kappa shape index (κ3) is 3.86. The Morgan fingerprint density at radius 3 is 2.50 bits per heavy atom. The molecule has 2 aromatic carbocycles. The first-order chi connectivity index (χ1) is 14.0. The first kappa shape index (κ1) is 22.0. The maximum Gasteiger partial charge on any atom is 0.420 e. The number of hydrogen-bond donors (Lipinski definition) is 0. The van der Waals surface area contributed by atoms with E-state index in [1.54, 1.807) is 0 Å². The van der Waals surface area contributed by atoms with E-state index in [9.17, 15) is 26.4 Å². The highest BCUT2D eigenvalue weighted by molar-refractivity contribution is 7.93. The van der Waals surface area contributed by atoms with Crippen LogP contribution in [0.2, 0.25) is 5.02 Å². The smallest absolute Gasteiger partial charge is 0.420 e. The summed E-state index contributed by atoms with van der Waals surface area (Å²) in [7, 11) is -2.19. The summed E-state index contributed by atoms with van der Waals surface area (Å²) in [6.07, 6.45) is -4.91. The maximum absolute atomic E-state index is 13.6. The number of ether oxygens (including phenoxy) is 3. The molecule has 0 saturated carbocycles. The van der Waals surface area contributed by atoms with E-state index in [4.69, 9.17) is 21.1 Å². The zero-order chi connectivity index (χ0) is 22.3. The van der Waals surface area contributed by atoms with Crippen LogP contribution in [0.5, 0.6) is 11.5 Å². The number of esters is 1. The van der Waals surface area contributed by atoms with Gasteiger partial charge in [-0.2, -0.15) is 13.2 Å². The van der Waals surface area contributed by atoms with Crippen molar-refractivity contribution in [1.82, 2.24) is 0 Å². The molecule has 1 heterocycles. The van der Waals surface area contributed by atoms with Gasteiger partial charge in [0.25, 0.3) is 10.0 Å². The molecule has 0 aliphatic carbocycles. The average Bonchev–Trinajstić information content (AvgIpc) is 2.71. The molecule has 0 aromatic heterocycles. The maximum atomic E-state index is 13.6. The summed E-state index contributed by atoms with van der Waals surface area (Å²) >= 11 is 5.92. The fourth-order valence-electron chi connectivity index (χ4n) is 2.97. The van der Waals surface area contributed by atoms with Gasteiger partial charge in [-0.1, -0.05) is 11.6 Å². The molecular formula is C18H15ClF3NO6S. The first-order valence-corrected chi connectivity index (χ1v) is 10.1. The number of hydrogen-bond acceptors (Lipinski definition) is 6. The van der Waals surface area contributed by atoms with Crippen molar-refractivity contribution < 1.29 is 40.6 Å². The summed E-state index contributed by atoms with van der Waals surface area (Å²) in [4.78, 5) is 11.6. The third-order valence-electron chi connectivity index (χ3n) is 4.30. The summed E-state index contributed by atoms with van der Waals surface area (Å²) in [5.74, 6) is -1.81. The highest BCUT2D eigenvalue weighted by Crippen LogP contribution is 2.46. The van der Waals surface area contributed by atoms with Crippen molar-refractivity contribution in [2.45, 2.75) is 11.1 Å². The van der Waals surface area contributed by atoms with Gasteiger partial charge in [-0.15, -0.1) is 0 Å². The van der Waals surface area contributed by atoms with Gasteiger partial charge in [-0.3, -0.25) is 4.31 Å². The van der Waals surface area contributed by atoms with Gasteiger partial charge < -0.3 is 14.2 Å². The Hall–Kier alpha value is -2.66. The minimum absolute atomic E-state index is 0.0485. The number of alkyl halides is 3. The Morgan fingerprint density at radius 1 is 1.20 bits per heavy atom. The van der Waals surface area contributed by atoms with Gasteiger partial charge >= 0.3 is 12.1 Å². The Kier molecular flexibility index (Phi) is 5.79. The topological polar surface area (TPSA) is 82.1 Å². The second-order valence-corrected chi connectivity index (χ2v) is 8.35. The number of benzene rings is 2. The Labute approximate surface area is 174 Å². The van der Waals surface area contributed by atoms with E-state index < -0.39 is 44.7 Å². The third-order valence-corrected chi connectivity index (χ3v) is 6.37. The minimum Gasteiger partial charge on any atom is -0.495 e. The molecule has 3 rings (SSSR count). The lowest BCUT2D eigenvalue weighted by molar-refractivity contribution is -0.139. The number of nitrogens with zero attached hydrogens (tertiary/aromatic N) is 1. The van der Waals surface area contributed by atoms with Crippen LogP contribution in [0, 0.1) is 0 Å². The van der Waals surface area contributed by atoms with Crippen LogP contribution in [0.4, 0.5) is 18.9 Å². The molecule has 0 bridgehead atoms. The lowest BCUT2D eigenvalue weighted by Crippen LogP contribution is -2.39. The Morgan fingerprint density at radius 2 is 1.90 bits per heavy atom. The summed E-state index contributed by atoms with van der Waals surface area (Å²) in [5, 5.41) is 0.0853. The van der Waals surface area contributed by atoms with Crippen molar-refractivity contribution in [3.05, 3.63) is 46.5 Å². The van der Waals surface area contributed by atoms with E-state index in [1.165, 1.54) is 19.2 Å². The van der Waals surface area contributed by atoms with E-state index in [2.05, 4.69) is 4.74 Å². The first-order valence-electron chi connectivity index (χ1n) is 8.33. The summed E-state index contributed by atoms with van der Waals surface area (Å²) in [6, 6.07) is 5.39. The van der Waals surface area contributed by atoms with Crippen molar-refractivity contribution >= 4 is 33.3 Å². The molecule has 0 amide bonds. The number of carbonyl (C=O) groups is 1. The minimum atomic E-state index is -4.91. The lowest BCUT2D eigenvalue weighted by Gasteiger charge is -2.32. The van der Waals surface area contributed by atoms with Crippen LogP contribution in [0.3, 0.4) is 0 Å². The second kappa shape index (κ2) is 7.88. The zero-order valence-electron chi connectivity index (χ0n) is 15.6. The number of fused-ring (bicyclic) bond motifs is 1. The van der Waals surface area contributed by atoms with Crippen molar-refractivity contribution in [1.29, 1.82) is 0 Å². The summed E-state index contributed by atoms with van der Waals surface area (Å²) in [5.41, 5.74) is -2.22. The zero-order valence-corrected chi connectivity index (χ0v) is 17.2. The Balaban J connectivity index is 2.27. The van der Waals surface area contributed by atoms with Crippen LogP contribution in [0.15, 0.2) is 35.2 Å². The molecule has 1 aliphatic heterocycles. The van der Waals surface area contributed by atoms with E-state index in [0.29, 0.717) is 6.07 Å². The number of anilines is 1. The molecule has 0 fully saturated rings. The number of sulfonamides is 1. The fraction of sp³-hybridized carbons (Fsp3) is 0.278. The van der Waals surface area contributed by atoms with Crippen LogP contribution in [-0.4, -0.2) is 41.8 Å². The quantitative estimate of drug-likeness (QED) is 0.640. The molecule has 0 atom stereocenters. The van der Waals surface area contributed by atoms with Gasteiger partial charge in [0.15, 0.2) is 5.75 Å². The van der Waals surface area contributed by atoms with E-state index in [-0.39, 0.29) is 28.8 Å². The second-order valence-electron chi connectivity index (χ2n) is 6.08. The van der Waals surface area contributed by atoms with Gasteiger partial charge in [-0.25, -0.2) is 13.2 Å². The molecule has 0 spiro atoms. The fourth-order valence-corrected chi connectivity index (χ4v) is 4.83. The predicted octanol–water partition coefficient (Wildman–Crippen LogP) is 3.74. The summed E-state index contributed by atoms with van der Waals surface area (Å²) < 4.78 is 82.9. The van der Waals surface area contributed by atoms with Gasteiger partial charge in [0.1, 0.15) is 22.8 Å². The Bertz CT molecular complexity index is 1100. The largest absolute Gasteiger partial charge is 0.495 e. The highest BCUT2D eigenvalue weighted by Gasteiger charge is 2.41. The van der Waals surface area contributed by atoms with Crippen LogP contribution >= 0.6 is 11.6 Å². The molecule has 2 aromatic rings. The van der Waals surface area contributed by atoms with Crippen LogP contribution in [0.25, 0.3) is 0 Å². The van der Waals surface area contributed by atoms with Crippen molar-refractivity contribution in [3.8, 4) is 11.5 Å². The molecule has 162 valence electrons.